The molecule has 2 amide bonds. The van der Waals surface area contributed by atoms with E-state index >= 15 is 0 Å². The van der Waals surface area contributed by atoms with Crippen molar-refractivity contribution in [2.24, 2.45) is 0 Å². The second kappa shape index (κ2) is 10.3. The molecule has 0 aliphatic carbocycles. The zero-order chi connectivity index (χ0) is 23.4. The lowest BCUT2D eigenvalue weighted by Crippen LogP contribution is -2.48. The second-order valence-corrected chi connectivity index (χ2v) is 8.88. The van der Waals surface area contributed by atoms with Crippen LogP contribution >= 0.6 is 27.5 Å². The minimum absolute atomic E-state index is 0.0459. The molecular weight excluding hydrogens is 506 g/mol. The zero-order valence-electron chi connectivity index (χ0n) is 18.1. The van der Waals surface area contributed by atoms with Crippen LogP contribution in [0.3, 0.4) is 0 Å². The summed E-state index contributed by atoms with van der Waals surface area (Å²) in [6.45, 7) is 2.61. The van der Waals surface area contributed by atoms with Gasteiger partial charge >= 0.3 is 0 Å². The smallest absolute Gasteiger partial charge is 0.255 e. The van der Waals surface area contributed by atoms with Gasteiger partial charge in [0, 0.05) is 43.0 Å². The van der Waals surface area contributed by atoms with Crippen molar-refractivity contribution >= 4 is 50.7 Å². The molecule has 1 saturated heterocycles. The van der Waals surface area contributed by atoms with E-state index in [-0.39, 0.29) is 11.8 Å². The number of carbonyl (C=O) groups is 2. The van der Waals surface area contributed by atoms with Gasteiger partial charge in [-0.05, 0) is 64.5 Å². The molecule has 33 heavy (non-hydrogen) atoms. The number of hydrogen-bond donors (Lipinski definition) is 1. The first-order valence-electron chi connectivity index (χ1n) is 10.5. The van der Waals surface area contributed by atoms with Crippen LogP contribution in [0.2, 0.25) is 5.02 Å². The summed E-state index contributed by atoms with van der Waals surface area (Å²) in [7, 11) is 1.57. The van der Waals surface area contributed by atoms with E-state index in [0.717, 1.165) is 5.69 Å². The van der Waals surface area contributed by atoms with Crippen molar-refractivity contribution in [2.45, 2.75) is 0 Å². The number of benzene rings is 3. The molecule has 1 heterocycles. The second-order valence-electron chi connectivity index (χ2n) is 7.61. The fourth-order valence-corrected chi connectivity index (χ4v) is 4.61. The molecular formula is C25H23BrClN3O3. The molecule has 0 unspecified atom stereocenters. The van der Waals surface area contributed by atoms with E-state index < -0.39 is 0 Å². The lowest BCUT2D eigenvalue weighted by Gasteiger charge is -2.36. The van der Waals surface area contributed by atoms with Gasteiger partial charge in [0.05, 0.1) is 22.3 Å². The first-order valence-corrected chi connectivity index (χ1v) is 11.7. The molecule has 6 nitrogen and oxygen atoms in total. The van der Waals surface area contributed by atoms with Gasteiger partial charge < -0.3 is 19.9 Å². The summed E-state index contributed by atoms with van der Waals surface area (Å²) in [6, 6.07) is 19.9. The van der Waals surface area contributed by atoms with Crippen molar-refractivity contribution in [1.82, 2.24) is 4.90 Å². The third kappa shape index (κ3) is 5.31. The first-order chi connectivity index (χ1) is 16.0. The molecule has 1 aliphatic rings. The predicted octanol–water partition coefficient (Wildman–Crippen LogP) is 5.33. The Labute approximate surface area is 206 Å². The van der Waals surface area contributed by atoms with Crippen LogP contribution in [0.15, 0.2) is 71.2 Å². The van der Waals surface area contributed by atoms with Crippen molar-refractivity contribution in [3.8, 4) is 5.75 Å². The minimum atomic E-state index is -0.241. The molecule has 3 aromatic rings. The van der Waals surface area contributed by atoms with Gasteiger partial charge in [-0.2, -0.15) is 0 Å². The number of anilines is 2. The number of ether oxygens (including phenoxy) is 1. The highest BCUT2D eigenvalue weighted by Gasteiger charge is 2.23. The molecule has 0 atom stereocenters. The Bertz CT molecular complexity index is 1160. The summed E-state index contributed by atoms with van der Waals surface area (Å²) < 4.78 is 5.91. The Morgan fingerprint density at radius 2 is 1.67 bits per heavy atom. The highest BCUT2D eigenvalue weighted by molar-refractivity contribution is 9.10. The van der Waals surface area contributed by atoms with E-state index in [1.54, 1.807) is 31.4 Å². The van der Waals surface area contributed by atoms with Gasteiger partial charge in [0.25, 0.3) is 11.8 Å². The van der Waals surface area contributed by atoms with Crippen LogP contribution in [-0.2, 0) is 0 Å². The maximum absolute atomic E-state index is 12.7. The standard InChI is InChI=1S/C25H23BrClN3O3/c1-33-23-10-7-18(15-20(23)26)24(31)28-19-8-9-22(21(27)16-19)29-11-13-30(14-12-29)25(32)17-5-3-2-4-6-17/h2-10,15-16H,11-14H2,1H3,(H,28,31). The zero-order valence-corrected chi connectivity index (χ0v) is 20.4. The summed E-state index contributed by atoms with van der Waals surface area (Å²) in [5.41, 5.74) is 2.70. The predicted molar refractivity (Wildman–Crippen MR) is 135 cm³/mol. The number of carbonyl (C=O) groups excluding carboxylic acids is 2. The van der Waals surface area contributed by atoms with Crippen LogP contribution in [0, 0.1) is 0 Å². The quantitative estimate of drug-likeness (QED) is 0.487. The Hall–Kier alpha value is -3.03. The van der Waals surface area contributed by atoms with E-state index in [2.05, 4.69) is 26.1 Å². The minimum Gasteiger partial charge on any atom is -0.496 e. The highest BCUT2D eigenvalue weighted by atomic mass is 79.9. The molecule has 1 fully saturated rings. The largest absolute Gasteiger partial charge is 0.496 e. The van der Waals surface area contributed by atoms with Crippen molar-refractivity contribution in [2.75, 3.05) is 43.5 Å². The molecule has 0 saturated carbocycles. The van der Waals surface area contributed by atoms with Crippen molar-refractivity contribution in [1.29, 1.82) is 0 Å². The Morgan fingerprint density at radius 1 is 0.939 bits per heavy atom. The number of piperazine rings is 1. The number of rotatable bonds is 5. The van der Waals surface area contributed by atoms with E-state index in [1.807, 2.05) is 47.4 Å². The molecule has 4 rings (SSSR count). The fraction of sp³-hybridized carbons (Fsp3) is 0.200. The van der Waals surface area contributed by atoms with E-state index in [9.17, 15) is 9.59 Å². The fourth-order valence-electron chi connectivity index (χ4n) is 3.77. The molecule has 0 bridgehead atoms. The number of hydrogen-bond acceptors (Lipinski definition) is 4. The number of nitrogens with one attached hydrogen (secondary N) is 1. The Morgan fingerprint density at radius 3 is 2.30 bits per heavy atom. The topological polar surface area (TPSA) is 61.9 Å². The number of methoxy groups -OCH3 is 1. The molecule has 0 aromatic heterocycles. The maximum atomic E-state index is 12.7. The average Bonchev–Trinajstić information content (AvgIpc) is 2.84. The van der Waals surface area contributed by atoms with Crippen LogP contribution in [0.4, 0.5) is 11.4 Å². The molecule has 8 heteroatoms. The summed E-state index contributed by atoms with van der Waals surface area (Å²) in [5.74, 6) is 0.462. The maximum Gasteiger partial charge on any atom is 0.255 e. The monoisotopic (exact) mass is 527 g/mol. The van der Waals surface area contributed by atoms with Gasteiger partial charge in [0.2, 0.25) is 0 Å². The normalized spacial score (nSPS) is 13.5. The summed E-state index contributed by atoms with van der Waals surface area (Å²) in [4.78, 5) is 29.3. The molecule has 0 radical (unpaired) electrons. The van der Waals surface area contributed by atoms with Crippen LogP contribution in [0.25, 0.3) is 0 Å². The average molecular weight is 529 g/mol. The van der Waals surface area contributed by atoms with Crippen LogP contribution < -0.4 is 15.0 Å². The number of amides is 2. The van der Waals surface area contributed by atoms with Crippen molar-refractivity contribution in [3.63, 3.8) is 0 Å². The third-order valence-electron chi connectivity index (χ3n) is 5.55. The summed E-state index contributed by atoms with van der Waals surface area (Å²) in [6.07, 6.45) is 0. The SMILES string of the molecule is COc1ccc(C(=O)Nc2ccc(N3CCN(C(=O)c4ccccc4)CC3)c(Cl)c2)cc1Br. The molecule has 1 N–H and O–H groups in total. The highest BCUT2D eigenvalue weighted by Crippen LogP contribution is 2.31. The number of halogens is 2. The molecule has 3 aromatic carbocycles. The molecule has 0 spiro atoms. The lowest BCUT2D eigenvalue weighted by molar-refractivity contribution is 0.0746. The Balaban J connectivity index is 1.38. The number of nitrogens with zero attached hydrogens (tertiary/aromatic N) is 2. The van der Waals surface area contributed by atoms with E-state index in [0.29, 0.717) is 58.2 Å². The Kier molecular flexibility index (Phi) is 7.20. The van der Waals surface area contributed by atoms with Crippen molar-refractivity contribution < 1.29 is 14.3 Å². The van der Waals surface area contributed by atoms with Crippen LogP contribution in [0.1, 0.15) is 20.7 Å². The van der Waals surface area contributed by atoms with Gasteiger partial charge in [-0.3, -0.25) is 9.59 Å². The summed E-state index contributed by atoms with van der Waals surface area (Å²) in [5, 5.41) is 3.43. The first kappa shape index (κ1) is 23.1. The third-order valence-corrected chi connectivity index (χ3v) is 6.47. The van der Waals surface area contributed by atoms with Gasteiger partial charge in [-0.15, -0.1) is 0 Å². The molecule has 170 valence electrons. The van der Waals surface area contributed by atoms with E-state index in [1.165, 1.54) is 0 Å². The molecule has 1 aliphatic heterocycles. The van der Waals surface area contributed by atoms with Crippen LogP contribution in [0.5, 0.6) is 5.75 Å². The van der Waals surface area contributed by atoms with Gasteiger partial charge in [0.1, 0.15) is 5.75 Å². The van der Waals surface area contributed by atoms with Gasteiger partial charge in [-0.25, -0.2) is 0 Å². The lowest BCUT2D eigenvalue weighted by atomic mass is 10.1. The summed E-state index contributed by atoms with van der Waals surface area (Å²) >= 11 is 9.95. The van der Waals surface area contributed by atoms with Gasteiger partial charge in [-0.1, -0.05) is 29.8 Å². The van der Waals surface area contributed by atoms with E-state index in [4.69, 9.17) is 16.3 Å². The van der Waals surface area contributed by atoms with Gasteiger partial charge in [0.15, 0.2) is 0 Å². The van der Waals surface area contributed by atoms with Crippen molar-refractivity contribution in [3.05, 3.63) is 87.4 Å². The van der Waals surface area contributed by atoms with Crippen LogP contribution in [-0.4, -0.2) is 50.0 Å².